The SMILES string of the molecule is CC1C(c2c(F)c(F)nc(F)c2F)OCCOC1C(F)(F)F. The first kappa shape index (κ1) is 16.9. The summed E-state index contributed by atoms with van der Waals surface area (Å²) in [5.41, 5.74) is -1.27. The Morgan fingerprint density at radius 1 is 0.955 bits per heavy atom. The Bertz CT molecular complexity index is 537. The van der Waals surface area contributed by atoms with Crippen molar-refractivity contribution < 1.29 is 40.2 Å². The molecule has 1 aliphatic heterocycles. The third-order valence-corrected chi connectivity index (χ3v) is 3.27. The molecule has 0 aliphatic carbocycles. The van der Waals surface area contributed by atoms with Crippen LogP contribution in [0.1, 0.15) is 18.6 Å². The molecule has 0 aromatic carbocycles. The lowest BCUT2D eigenvalue weighted by Gasteiger charge is -2.29. The number of hydrogen-bond donors (Lipinski definition) is 0. The second-order valence-corrected chi connectivity index (χ2v) is 4.72. The van der Waals surface area contributed by atoms with Crippen LogP contribution in [-0.4, -0.2) is 30.5 Å². The number of halogens is 7. The Hall–Kier alpha value is -1.42. The van der Waals surface area contributed by atoms with Gasteiger partial charge in [0.25, 0.3) is 11.9 Å². The maximum absolute atomic E-state index is 13.7. The van der Waals surface area contributed by atoms with E-state index in [0.29, 0.717) is 0 Å². The summed E-state index contributed by atoms with van der Waals surface area (Å²) in [5.74, 6) is -9.33. The molecule has 0 saturated carbocycles. The van der Waals surface area contributed by atoms with Gasteiger partial charge in [0.05, 0.1) is 24.9 Å². The Kier molecular flexibility index (Phi) is 4.62. The van der Waals surface area contributed by atoms with Gasteiger partial charge in [-0.05, 0) is 0 Å². The summed E-state index contributed by atoms with van der Waals surface area (Å²) in [7, 11) is 0. The smallest absolute Gasteiger partial charge is 0.371 e. The molecule has 1 aliphatic rings. The fourth-order valence-corrected chi connectivity index (χ4v) is 2.30. The van der Waals surface area contributed by atoms with E-state index in [1.165, 1.54) is 0 Å². The van der Waals surface area contributed by atoms with Gasteiger partial charge < -0.3 is 9.47 Å². The number of hydrogen-bond acceptors (Lipinski definition) is 3. The zero-order valence-electron chi connectivity index (χ0n) is 11.1. The monoisotopic (exact) mass is 333 g/mol. The molecule has 1 aromatic rings. The van der Waals surface area contributed by atoms with Gasteiger partial charge in [-0.25, -0.2) is 8.78 Å². The van der Waals surface area contributed by atoms with Crippen LogP contribution < -0.4 is 0 Å². The van der Waals surface area contributed by atoms with Gasteiger partial charge in [0.2, 0.25) is 0 Å². The Labute approximate surface area is 120 Å². The highest BCUT2D eigenvalue weighted by molar-refractivity contribution is 5.21. The van der Waals surface area contributed by atoms with E-state index in [4.69, 9.17) is 4.74 Å². The van der Waals surface area contributed by atoms with Crippen LogP contribution in [0.3, 0.4) is 0 Å². The molecule has 22 heavy (non-hydrogen) atoms. The average Bonchev–Trinajstić information content (AvgIpc) is 2.59. The average molecular weight is 333 g/mol. The summed E-state index contributed by atoms with van der Waals surface area (Å²) < 4.78 is 102. The molecule has 2 rings (SSSR count). The molecule has 3 nitrogen and oxygen atoms in total. The first-order chi connectivity index (χ1) is 10.1. The lowest BCUT2D eigenvalue weighted by atomic mass is 9.91. The number of nitrogens with zero attached hydrogens (tertiary/aromatic N) is 1. The maximum Gasteiger partial charge on any atom is 0.414 e. The predicted molar refractivity (Wildman–Crippen MR) is 57.7 cm³/mol. The number of alkyl halides is 3. The minimum Gasteiger partial charge on any atom is -0.371 e. The lowest BCUT2D eigenvalue weighted by Crippen LogP contribution is -2.39. The predicted octanol–water partition coefficient (Wildman–Crippen LogP) is 3.29. The molecule has 3 atom stereocenters. The molecule has 0 N–H and O–H groups in total. The lowest BCUT2D eigenvalue weighted by molar-refractivity contribution is -0.233. The number of pyridine rings is 1. The van der Waals surface area contributed by atoms with Crippen molar-refractivity contribution in [3.63, 3.8) is 0 Å². The van der Waals surface area contributed by atoms with E-state index in [1.54, 1.807) is 0 Å². The fourth-order valence-electron chi connectivity index (χ4n) is 2.30. The highest BCUT2D eigenvalue weighted by atomic mass is 19.4. The van der Waals surface area contributed by atoms with Crippen molar-refractivity contribution in [2.75, 3.05) is 13.2 Å². The van der Waals surface area contributed by atoms with Crippen molar-refractivity contribution in [2.45, 2.75) is 25.3 Å². The van der Waals surface area contributed by atoms with Crippen LogP contribution in [0.15, 0.2) is 0 Å². The van der Waals surface area contributed by atoms with Gasteiger partial charge in [-0.15, -0.1) is 0 Å². The summed E-state index contributed by atoms with van der Waals surface area (Å²) in [6.07, 6.45) is -9.10. The fraction of sp³-hybridized carbons (Fsp3) is 0.583. The molecular formula is C12H10F7NO2. The van der Waals surface area contributed by atoms with Crippen molar-refractivity contribution >= 4 is 0 Å². The maximum atomic E-state index is 13.7. The molecule has 1 saturated heterocycles. The minimum atomic E-state index is -4.83. The molecule has 1 fully saturated rings. The Morgan fingerprint density at radius 2 is 1.45 bits per heavy atom. The normalized spacial score (nSPS) is 26.8. The summed E-state index contributed by atoms with van der Waals surface area (Å²) in [5, 5.41) is 0. The van der Waals surface area contributed by atoms with Crippen molar-refractivity contribution in [2.24, 2.45) is 5.92 Å². The Morgan fingerprint density at radius 3 is 1.95 bits per heavy atom. The molecular weight excluding hydrogens is 323 g/mol. The summed E-state index contributed by atoms with van der Waals surface area (Å²) in [4.78, 5) is 2.35. The second kappa shape index (κ2) is 5.99. The standard InChI is InChI=1S/C12H10F7NO2/c1-4-8(21-2-3-22-9(4)12(17,18)19)5-6(13)10(15)20-11(16)7(5)14/h4,8-9H,2-3H2,1H3. The first-order valence-corrected chi connectivity index (χ1v) is 6.14. The van der Waals surface area contributed by atoms with Crippen LogP contribution >= 0.6 is 0 Å². The van der Waals surface area contributed by atoms with Crippen LogP contribution in [0.2, 0.25) is 0 Å². The number of aromatic nitrogens is 1. The van der Waals surface area contributed by atoms with E-state index in [9.17, 15) is 30.7 Å². The summed E-state index contributed by atoms with van der Waals surface area (Å²) in [6.45, 7) is 0.0552. The zero-order valence-corrected chi connectivity index (χ0v) is 11.1. The highest BCUT2D eigenvalue weighted by Gasteiger charge is 2.49. The molecule has 124 valence electrons. The van der Waals surface area contributed by atoms with Gasteiger partial charge in [-0.3, -0.25) is 0 Å². The second-order valence-electron chi connectivity index (χ2n) is 4.72. The Balaban J connectivity index is 2.51. The van der Waals surface area contributed by atoms with Gasteiger partial charge in [-0.1, -0.05) is 6.92 Å². The molecule has 0 bridgehead atoms. The van der Waals surface area contributed by atoms with Gasteiger partial charge in [-0.2, -0.15) is 26.9 Å². The van der Waals surface area contributed by atoms with Crippen molar-refractivity contribution in [1.82, 2.24) is 4.98 Å². The topological polar surface area (TPSA) is 31.4 Å². The van der Waals surface area contributed by atoms with E-state index in [1.807, 2.05) is 0 Å². The first-order valence-electron chi connectivity index (χ1n) is 6.14. The summed E-state index contributed by atoms with van der Waals surface area (Å²) in [6, 6.07) is 0. The van der Waals surface area contributed by atoms with Gasteiger partial charge in [0.15, 0.2) is 17.7 Å². The molecule has 0 spiro atoms. The molecule has 0 radical (unpaired) electrons. The van der Waals surface area contributed by atoms with E-state index in [-0.39, 0.29) is 0 Å². The number of ether oxygens (including phenoxy) is 2. The van der Waals surface area contributed by atoms with E-state index < -0.39 is 66.6 Å². The van der Waals surface area contributed by atoms with E-state index in [2.05, 4.69) is 9.72 Å². The van der Waals surface area contributed by atoms with Crippen LogP contribution in [0.25, 0.3) is 0 Å². The summed E-state index contributed by atoms with van der Waals surface area (Å²) >= 11 is 0. The molecule has 0 amide bonds. The van der Waals surface area contributed by atoms with Crippen molar-refractivity contribution in [3.8, 4) is 0 Å². The molecule has 10 heteroatoms. The number of rotatable bonds is 1. The molecule has 2 heterocycles. The van der Waals surface area contributed by atoms with Crippen LogP contribution in [-0.2, 0) is 9.47 Å². The minimum absolute atomic E-state index is 0.425. The van der Waals surface area contributed by atoms with Crippen molar-refractivity contribution in [1.29, 1.82) is 0 Å². The largest absolute Gasteiger partial charge is 0.414 e. The molecule has 3 unspecified atom stereocenters. The van der Waals surface area contributed by atoms with Gasteiger partial charge in [0.1, 0.15) is 0 Å². The van der Waals surface area contributed by atoms with E-state index in [0.717, 1.165) is 6.92 Å². The third-order valence-electron chi connectivity index (χ3n) is 3.27. The highest BCUT2D eigenvalue weighted by Crippen LogP contribution is 2.40. The van der Waals surface area contributed by atoms with E-state index >= 15 is 0 Å². The van der Waals surface area contributed by atoms with Gasteiger partial charge in [0, 0.05) is 5.92 Å². The molecule has 1 aromatic heterocycles. The quantitative estimate of drug-likeness (QED) is 0.584. The van der Waals surface area contributed by atoms with Crippen LogP contribution in [0, 0.1) is 29.4 Å². The van der Waals surface area contributed by atoms with Gasteiger partial charge >= 0.3 is 6.18 Å². The third kappa shape index (κ3) is 3.02. The van der Waals surface area contributed by atoms with Crippen LogP contribution in [0.4, 0.5) is 30.7 Å². The zero-order chi connectivity index (χ0) is 16.7. The van der Waals surface area contributed by atoms with Crippen LogP contribution in [0.5, 0.6) is 0 Å². The van der Waals surface area contributed by atoms with Crippen molar-refractivity contribution in [3.05, 3.63) is 29.1 Å².